The number of ether oxygens (including phenoxy) is 2. The standard InChI is InChI=1S/C24H30O3/c1-4-11-17(12-5-2)20(6-3)27-24(25)23-18-13-7-9-15-21(18)26-22-16-10-8-14-19(22)23/h7-10,13-17,20,23H,4-6,11-12H2,1-3H3/t20-/m0/s1. The van der Waals surface area contributed by atoms with Crippen LogP contribution in [0.1, 0.15) is 69.9 Å². The summed E-state index contributed by atoms with van der Waals surface area (Å²) in [6, 6.07) is 15.5. The minimum absolute atomic E-state index is 0.0282. The van der Waals surface area contributed by atoms with E-state index in [9.17, 15) is 4.79 Å². The van der Waals surface area contributed by atoms with Gasteiger partial charge in [-0.25, -0.2) is 0 Å². The van der Waals surface area contributed by atoms with E-state index in [0.717, 1.165) is 54.7 Å². The summed E-state index contributed by atoms with van der Waals surface area (Å²) in [5.74, 6) is 1.32. The van der Waals surface area contributed by atoms with E-state index < -0.39 is 5.92 Å². The summed E-state index contributed by atoms with van der Waals surface area (Å²) >= 11 is 0. The molecular weight excluding hydrogens is 336 g/mol. The summed E-state index contributed by atoms with van der Waals surface area (Å²) in [6.45, 7) is 6.51. The highest BCUT2D eigenvalue weighted by atomic mass is 16.5. The van der Waals surface area contributed by atoms with Gasteiger partial charge in [0.25, 0.3) is 0 Å². The molecule has 0 amide bonds. The van der Waals surface area contributed by atoms with Crippen LogP contribution in [0.5, 0.6) is 11.5 Å². The van der Waals surface area contributed by atoms with Crippen LogP contribution in [-0.4, -0.2) is 12.1 Å². The average molecular weight is 367 g/mol. The van der Waals surface area contributed by atoms with Crippen LogP contribution in [0.4, 0.5) is 0 Å². The van der Waals surface area contributed by atoms with Gasteiger partial charge in [0, 0.05) is 11.1 Å². The zero-order valence-electron chi connectivity index (χ0n) is 16.6. The highest BCUT2D eigenvalue weighted by Gasteiger charge is 2.35. The van der Waals surface area contributed by atoms with Crippen molar-refractivity contribution in [3.63, 3.8) is 0 Å². The third-order valence-corrected chi connectivity index (χ3v) is 5.43. The van der Waals surface area contributed by atoms with Crippen molar-refractivity contribution in [1.82, 2.24) is 0 Å². The van der Waals surface area contributed by atoms with Gasteiger partial charge >= 0.3 is 5.97 Å². The Kier molecular flexibility index (Phi) is 6.54. The third-order valence-electron chi connectivity index (χ3n) is 5.43. The molecule has 1 heterocycles. The van der Waals surface area contributed by atoms with Gasteiger partial charge in [-0.3, -0.25) is 4.79 Å². The van der Waals surface area contributed by atoms with Gasteiger partial charge in [0.1, 0.15) is 23.5 Å². The minimum atomic E-state index is -0.427. The summed E-state index contributed by atoms with van der Waals surface area (Å²) in [7, 11) is 0. The first-order valence-corrected chi connectivity index (χ1v) is 10.3. The van der Waals surface area contributed by atoms with E-state index in [1.807, 2.05) is 48.5 Å². The Bertz CT molecular complexity index is 716. The number of esters is 1. The zero-order valence-corrected chi connectivity index (χ0v) is 16.6. The number of para-hydroxylation sites is 2. The van der Waals surface area contributed by atoms with Crippen LogP contribution in [0.3, 0.4) is 0 Å². The molecule has 2 aromatic rings. The zero-order chi connectivity index (χ0) is 19.2. The molecule has 0 aromatic heterocycles. The molecule has 3 nitrogen and oxygen atoms in total. The SMILES string of the molecule is CCCC(CCC)[C@H](CC)OC(=O)C1c2ccccc2Oc2ccccc21. The lowest BCUT2D eigenvalue weighted by molar-refractivity contribution is -0.153. The van der Waals surface area contributed by atoms with Gasteiger partial charge in [0.05, 0.1) is 0 Å². The van der Waals surface area contributed by atoms with Crippen molar-refractivity contribution < 1.29 is 14.3 Å². The maximum Gasteiger partial charge on any atom is 0.318 e. The lowest BCUT2D eigenvalue weighted by atomic mass is 9.87. The fourth-order valence-corrected chi connectivity index (χ4v) is 4.15. The van der Waals surface area contributed by atoms with Crippen LogP contribution >= 0.6 is 0 Å². The van der Waals surface area contributed by atoms with Gasteiger partial charge in [-0.05, 0) is 37.3 Å². The van der Waals surface area contributed by atoms with Crippen molar-refractivity contribution >= 4 is 5.97 Å². The molecule has 1 aliphatic heterocycles. The van der Waals surface area contributed by atoms with E-state index in [0.29, 0.717) is 5.92 Å². The minimum Gasteiger partial charge on any atom is -0.461 e. The molecular formula is C24H30O3. The Balaban J connectivity index is 1.90. The quantitative estimate of drug-likeness (QED) is 0.503. The molecule has 27 heavy (non-hydrogen) atoms. The van der Waals surface area contributed by atoms with E-state index in [4.69, 9.17) is 9.47 Å². The van der Waals surface area contributed by atoms with E-state index in [-0.39, 0.29) is 12.1 Å². The molecule has 0 aliphatic carbocycles. The first-order chi connectivity index (χ1) is 13.2. The molecule has 0 spiro atoms. The molecule has 3 heteroatoms. The van der Waals surface area contributed by atoms with Crippen molar-refractivity contribution in [3.05, 3.63) is 59.7 Å². The lowest BCUT2D eigenvalue weighted by Gasteiger charge is -2.31. The van der Waals surface area contributed by atoms with Crippen molar-refractivity contribution in [2.45, 2.75) is 64.9 Å². The van der Waals surface area contributed by atoms with Crippen LogP contribution in [0.15, 0.2) is 48.5 Å². The molecule has 2 aromatic carbocycles. The van der Waals surface area contributed by atoms with Crippen LogP contribution in [0.2, 0.25) is 0 Å². The predicted octanol–water partition coefficient (Wildman–Crippen LogP) is 6.46. The number of carbonyl (C=O) groups excluding carboxylic acids is 1. The molecule has 144 valence electrons. The van der Waals surface area contributed by atoms with Crippen molar-refractivity contribution in [2.24, 2.45) is 5.92 Å². The second-order valence-corrected chi connectivity index (χ2v) is 7.33. The summed E-state index contributed by atoms with van der Waals surface area (Å²) in [5.41, 5.74) is 1.78. The number of fused-ring (bicyclic) bond motifs is 2. The first kappa shape index (κ1) is 19.5. The highest BCUT2D eigenvalue weighted by Crippen LogP contribution is 2.44. The largest absolute Gasteiger partial charge is 0.461 e. The van der Waals surface area contributed by atoms with E-state index in [2.05, 4.69) is 20.8 Å². The molecule has 1 atom stereocenters. The average Bonchev–Trinajstić information content (AvgIpc) is 2.69. The Morgan fingerprint density at radius 2 is 1.44 bits per heavy atom. The molecule has 0 saturated heterocycles. The summed E-state index contributed by atoms with van der Waals surface area (Å²) in [5, 5.41) is 0. The summed E-state index contributed by atoms with van der Waals surface area (Å²) < 4.78 is 12.1. The first-order valence-electron chi connectivity index (χ1n) is 10.3. The van der Waals surface area contributed by atoms with E-state index in [1.165, 1.54) is 0 Å². The van der Waals surface area contributed by atoms with Gasteiger partial charge < -0.3 is 9.47 Å². The monoisotopic (exact) mass is 366 g/mol. The molecule has 0 unspecified atom stereocenters. The molecule has 0 N–H and O–H groups in total. The Morgan fingerprint density at radius 3 is 1.93 bits per heavy atom. The summed E-state index contributed by atoms with van der Waals surface area (Å²) in [4.78, 5) is 13.3. The van der Waals surface area contributed by atoms with Crippen molar-refractivity contribution in [2.75, 3.05) is 0 Å². The normalized spacial score (nSPS) is 14.2. The second kappa shape index (κ2) is 9.07. The van der Waals surface area contributed by atoms with Crippen molar-refractivity contribution in [3.8, 4) is 11.5 Å². The third kappa shape index (κ3) is 4.18. The van der Waals surface area contributed by atoms with E-state index in [1.54, 1.807) is 0 Å². The van der Waals surface area contributed by atoms with Crippen LogP contribution in [-0.2, 0) is 9.53 Å². The van der Waals surface area contributed by atoms with Gasteiger partial charge in [-0.15, -0.1) is 0 Å². The van der Waals surface area contributed by atoms with Crippen molar-refractivity contribution in [1.29, 1.82) is 0 Å². The van der Waals surface area contributed by atoms with E-state index >= 15 is 0 Å². The number of rotatable bonds is 8. The maximum absolute atomic E-state index is 13.3. The maximum atomic E-state index is 13.3. The number of hydrogen-bond acceptors (Lipinski definition) is 3. The molecule has 1 aliphatic rings. The fourth-order valence-electron chi connectivity index (χ4n) is 4.15. The van der Waals surface area contributed by atoms with Gasteiger partial charge in [-0.1, -0.05) is 70.0 Å². The second-order valence-electron chi connectivity index (χ2n) is 7.33. The van der Waals surface area contributed by atoms with Gasteiger partial charge in [-0.2, -0.15) is 0 Å². The number of carbonyl (C=O) groups is 1. The van der Waals surface area contributed by atoms with Gasteiger partial charge in [0.15, 0.2) is 0 Å². The molecule has 0 fully saturated rings. The molecule has 0 bridgehead atoms. The highest BCUT2D eigenvalue weighted by molar-refractivity contribution is 5.85. The fraction of sp³-hybridized carbons (Fsp3) is 0.458. The molecule has 0 saturated carbocycles. The predicted molar refractivity (Wildman–Crippen MR) is 108 cm³/mol. The summed E-state index contributed by atoms with van der Waals surface area (Å²) in [6.07, 6.45) is 5.24. The van der Waals surface area contributed by atoms with Crippen LogP contribution in [0, 0.1) is 5.92 Å². The smallest absolute Gasteiger partial charge is 0.318 e. The van der Waals surface area contributed by atoms with Gasteiger partial charge in [0.2, 0.25) is 0 Å². The van der Waals surface area contributed by atoms with Crippen LogP contribution in [0.25, 0.3) is 0 Å². The Morgan fingerprint density at radius 1 is 0.926 bits per heavy atom. The van der Waals surface area contributed by atoms with Crippen LogP contribution < -0.4 is 4.74 Å². The Hall–Kier alpha value is -2.29. The Labute approximate surface area is 162 Å². The lowest BCUT2D eigenvalue weighted by Crippen LogP contribution is -2.30. The molecule has 3 rings (SSSR count). The topological polar surface area (TPSA) is 35.5 Å². The molecule has 0 radical (unpaired) electrons. The number of hydrogen-bond donors (Lipinski definition) is 0. The number of benzene rings is 2.